The Balaban J connectivity index is 1.98. The molecule has 4 aromatic rings. The number of pyridine rings is 2. The fourth-order valence-electron chi connectivity index (χ4n) is 4.39. The van der Waals surface area contributed by atoms with Crippen LogP contribution in [0.4, 0.5) is 0 Å². The maximum Gasteiger partial charge on any atom is 0.141 e. The highest BCUT2D eigenvalue weighted by Gasteiger charge is 2.36. The third kappa shape index (κ3) is 3.86. The van der Waals surface area contributed by atoms with E-state index in [0.717, 1.165) is 54.3 Å². The standard InChI is InChI=1S/C27H28N2O2/c1-3-5-17-27(18-6-4-2,23-15-13-19-9-7-11-21(30)25(19)28-23)24-16-14-20-10-8-12-22(31)26(20)29-24/h3,7-16,30-31H,1,4-6,17-18H2,2H3. The normalized spacial score (nSPS) is 11.8. The van der Waals surface area contributed by atoms with Crippen LogP contribution in [0.15, 0.2) is 73.3 Å². The van der Waals surface area contributed by atoms with Crippen molar-refractivity contribution in [3.63, 3.8) is 0 Å². The van der Waals surface area contributed by atoms with Crippen molar-refractivity contribution in [2.24, 2.45) is 0 Å². The predicted octanol–water partition coefficient (Wildman–Crippen LogP) is 6.64. The average Bonchev–Trinajstić information content (AvgIpc) is 2.80. The van der Waals surface area contributed by atoms with Gasteiger partial charge >= 0.3 is 0 Å². The molecular weight excluding hydrogens is 384 g/mol. The number of fused-ring (bicyclic) bond motifs is 2. The van der Waals surface area contributed by atoms with Gasteiger partial charge in [0.05, 0.1) is 16.8 Å². The van der Waals surface area contributed by atoms with Crippen LogP contribution in [-0.4, -0.2) is 20.2 Å². The van der Waals surface area contributed by atoms with Crippen LogP contribution in [0.5, 0.6) is 11.5 Å². The Labute approximate surface area is 182 Å². The van der Waals surface area contributed by atoms with E-state index >= 15 is 0 Å². The molecule has 0 atom stereocenters. The van der Waals surface area contributed by atoms with Crippen molar-refractivity contribution in [2.45, 2.75) is 44.4 Å². The largest absolute Gasteiger partial charge is 0.506 e. The van der Waals surface area contributed by atoms with E-state index in [1.807, 2.05) is 42.5 Å². The zero-order valence-electron chi connectivity index (χ0n) is 17.9. The summed E-state index contributed by atoms with van der Waals surface area (Å²) in [5.41, 5.74) is 2.53. The number of phenols is 2. The van der Waals surface area contributed by atoms with Gasteiger partial charge in [-0.05, 0) is 43.5 Å². The van der Waals surface area contributed by atoms with E-state index in [0.29, 0.717) is 11.0 Å². The van der Waals surface area contributed by atoms with Gasteiger partial charge in [-0.25, -0.2) is 9.97 Å². The molecule has 158 valence electrons. The molecule has 31 heavy (non-hydrogen) atoms. The first kappa shape index (κ1) is 20.9. The average molecular weight is 413 g/mol. The lowest BCUT2D eigenvalue weighted by molar-refractivity contribution is 0.403. The molecule has 0 amide bonds. The van der Waals surface area contributed by atoms with Gasteiger partial charge in [0.25, 0.3) is 0 Å². The van der Waals surface area contributed by atoms with Crippen LogP contribution < -0.4 is 0 Å². The molecule has 0 fully saturated rings. The molecule has 4 nitrogen and oxygen atoms in total. The number of hydrogen-bond acceptors (Lipinski definition) is 4. The summed E-state index contributed by atoms with van der Waals surface area (Å²) in [5, 5.41) is 22.7. The van der Waals surface area contributed by atoms with E-state index in [-0.39, 0.29) is 11.5 Å². The second-order valence-electron chi connectivity index (χ2n) is 8.10. The molecule has 2 aromatic carbocycles. The summed E-state index contributed by atoms with van der Waals surface area (Å²) in [6, 6.07) is 19.0. The second-order valence-corrected chi connectivity index (χ2v) is 8.10. The van der Waals surface area contributed by atoms with E-state index in [4.69, 9.17) is 9.97 Å². The Morgan fingerprint density at radius 3 is 1.84 bits per heavy atom. The third-order valence-corrected chi connectivity index (χ3v) is 6.11. The topological polar surface area (TPSA) is 66.2 Å². The first-order chi connectivity index (χ1) is 15.1. The molecule has 0 unspecified atom stereocenters. The minimum Gasteiger partial charge on any atom is -0.506 e. The Kier molecular flexibility index (Phi) is 5.90. The molecule has 2 heterocycles. The van der Waals surface area contributed by atoms with Crippen molar-refractivity contribution in [3.8, 4) is 11.5 Å². The number of hydrogen-bond donors (Lipinski definition) is 2. The van der Waals surface area contributed by atoms with Crippen molar-refractivity contribution in [2.75, 3.05) is 0 Å². The molecule has 2 aromatic heterocycles. The highest BCUT2D eigenvalue weighted by Crippen LogP contribution is 2.42. The Hall–Kier alpha value is -3.40. The Morgan fingerprint density at radius 1 is 0.806 bits per heavy atom. The van der Waals surface area contributed by atoms with Crippen LogP contribution >= 0.6 is 0 Å². The number of aromatic hydroxyl groups is 2. The maximum atomic E-state index is 10.4. The third-order valence-electron chi connectivity index (χ3n) is 6.11. The molecular formula is C27H28N2O2. The van der Waals surface area contributed by atoms with Gasteiger partial charge in [-0.2, -0.15) is 0 Å². The van der Waals surface area contributed by atoms with Crippen LogP contribution in [-0.2, 0) is 5.41 Å². The maximum absolute atomic E-state index is 10.4. The van der Waals surface area contributed by atoms with Crippen molar-refractivity contribution in [1.29, 1.82) is 0 Å². The molecule has 0 bridgehead atoms. The monoisotopic (exact) mass is 412 g/mol. The van der Waals surface area contributed by atoms with Gasteiger partial charge in [0, 0.05) is 10.8 Å². The van der Waals surface area contributed by atoms with Crippen molar-refractivity contribution in [1.82, 2.24) is 9.97 Å². The number of benzene rings is 2. The number of rotatable bonds is 8. The van der Waals surface area contributed by atoms with Crippen molar-refractivity contribution in [3.05, 3.63) is 84.7 Å². The highest BCUT2D eigenvalue weighted by atomic mass is 16.3. The van der Waals surface area contributed by atoms with Gasteiger partial charge in [-0.1, -0.05) is 62.2 Å². The van der Waals surface area contributed by atoms with Crippen molar-refractivity contribution < 1.29 is 10.2 Å². The van der Waals surface area contributed by atoms with Gasteiger partial charge in [0.15, 0.2) is 0 Å². The van der Waals surface area contributed by atoms with Gasteiger partial charge in [0.2, 0.25) is 0 Å². The highest BCUT2D eigenvalue weighted by molar-refractivity contribution is 5.85. The Morgan fingerprint density at radius 2 is 1.35 bits per heavy atom. The lowest BCUT2D eigenvalue weighted by Gasteiger charge is -2.33. The molecule has 0 aliphatic rings. The van der Waals surface area contributed by atoms with Gasteiger partial charge in [-0.15, -0.1) is 6.58 Å². The summed E-state index contributed by atoms with van der Waals surface area (Å²) in [6.45, 7) is 6.12. The number of unbranched alkanes of at least 4 members (excludes halogenated alkanes) is 1. The Bertz CT molecular complexity index is 1150. The van der Waals surface area contributed by atoms with E-state index in [1.165, 1.54) is 0 Å². The van der Waals surface area contributed by atoms with Gasteiger partial charge in [0.1, 0.15) is 22.5 Å². The predicted molar refractivity (Wildman–Crippen MR) is 127 cm³/mol. The molecule has 0 aliphatic carbocycles. The minimum atomic E-state index is -0.447. The van der Waals surface area contributed by atoms with E-state index in [2.05, 4.69) is 25.6 Å². The lowest BCUT2D eigenvalue weighted by Crippen LogP contribution is -2.30. The molecule has 0 saturated heterocycles. The molecule has 0 radical (unpaired) electrons. The minimum absolute atomic E-state index is 0.177. The van der Waals surface area contributed by atoms with Gasteiger partial charge < -0.3 is 10.2 Å². The first-order valence-electron chi connectivity index (χ1n) is 10.9. The summed E-state index contributed by atoms with van der Waals surface area (Å²) >= 11 is 0. The molecule has 2 N–H and O–H groups in total. The number of nitrogens with zero attached hydrogens (tertiary/aromatic N) is 2. The number of aromatic nitrogens is 2. The molecule has 0 spiro atoms. The summed E-state index contributed by atoms with van der Waals surface area (Å²) in [5.74, 6) is 0.355. The van der Waals surface area contributed by atoms with E-state index in [9.17, 15) is 10.2 Å². The SMILES string of the molecule is C=CCCC(CCCC)(c1ccc2cccc(O)c2n1)c1ccc2cccc(O)c2n1. The summed E-state index contributed by atoms with van der Waals surface area (Å²) in [4.78, 5) is 9.89. The van der Waals surface area contributed by atoms with Crippen LogP contribution in [0.2, 0.25) is 0 Å². The van der Waals surface area contributed by atoms with E-state index in [1.54, 1.807) is 12.1 Å². The van der Waals surface area contributed by atoms with Crippen LogP contribution in [0.1, 0.15) is 50.4 Å². The zero-order chi connectivity index (χ0) is 21.8. The zero-order valence-corrected chi connectivity index (χ0v) is 17.9. The quantitative estimate of drug-likeness (QED) is 0.319. The van der Waals surface area contributed by atoms with Crippen LogP contribution in [0.3, 0.4) is 0 Å². The van der Waals surface area contributed by atoms with Gasteiger partial charge in [-0.3, -0.25) is 0 Å². The molecule has 0 aliphatic heterocycles. The van der Waals surface area contributed by atoms with E-state index < -0.39 is 5.41 Å². The first-order valence-corrected chi connectivity index (χ1v) is 10.9. The molecule has 4 rings (SSSR count). The van der Waals surface area contributed by atoms with Crippen LogP contribution in [0.25, 0.3) is 21.8 Å². The van der Waals surface area contributed by atoms with Crippen LogP contribution in [0, 0.1) is 0 Å². The number of para-hydroxylation sites is 2. The summed E-state index contributed by atoms with van der Waals surface area (Å²) < 4.78 is 0. The summed E-state index contributed by atoms with van der Waals surface area (Å²) in [6.07, 6.45) is 6.47. The number of allylic oxidation sites excluding steroid dienone is 1. The molecule has 4 heteroatoms. The summed E-state index contributed by atoms with van der Waals surface area (Å²) in [7, 11) is 0. The lowest BCUT2D eigenvalue weighted by atomic mass is 9.72. The fraction of sp³-hybridized carbons (Fsp3) is 0.259. The van der Waals surface area contributed by atoms with Crippen molar-refractivity contribution >= 4 is 21.8 Å². The fourth-order valence-corrected chi connectivity index (χ4v) is 4.39. The smallest absolute Gasteiger partial charge is 0.141 e. The molecule has 0 saturated carbocycles. The second kappa shape index (κ2) is 8.76. The number of phenolic OH excluding ortho intramolecular Hbond substituents is 2.